The van der Waals surface area contributed by atoms with Crippen LogP contribution in [-0.4, -0.2) is 15.3 Å². The van der Waals surface area contributed by atoms with Crippen LogP contribution in [0.25, 0.3) is 0 Å². The number of nitrogens with zero attached hydrogens (tertiary/aromatic N) is 2. The van der Waals surface area contributed by atoms with Gasteiger partial charge in [-0.25, -0.2) is 0 Å². The SMILES string of the molecule is Cc1nnc(C(C)(F)F)cc1CO. The molecule has 0 aromatic carbocycles. The van der Waals surface area contributed by atoms with Crippen molar-refractivity contribution in [2.75, 3.05) is 0 Å². The van der Waals surface area contributed by atoms with Gasteiger partial charge in [0.1, 0.15) is 5.69 Å². The predicted molar refractivity (Wildman–Crippen MR) is 42.3 cm³/mol. The molecule has 0 bridgehead atoms. The lowest BCUT2D eigenvalue weighted by Gasteiger charge is -2.10. The highest BCUT2D eigenvalue weighted by Crippen LogP contribution is 2.25. The number of alkyl halides is 2. The lowest BCUT2D eigenvalue weighted by atomic mass is 10.1. The molecule has 0 aliphatic carbocycles. The highest BCUT2D eigenvalue weighted by atomic mass is 19.3. The molecule has 0 amide bonds. The van der Waals surface area contributed by atoms with E-state index in [4.69, 9.17) is 5.11 Å². The molecule has 0 saturated carbocycles. The second-order valence-corrected chi connectivity index (χ2v) is 2.89. The van der Waals surface area contributed by atoms with Crippen LogP contribution in [0.3, 0.4) is 0 Å². The summed E-state index contributed by atoms with van der Waals surface area (Å²) >= 11 is 0. The summed E-state index contributed by atoms with van der Waals surface area (Å²) in [4.78, 5) is 0. The zero-order valence-corrected chi connectivity index (χ0v) is 7.38. The van der Waals surface area contributed by atoms with Gasteiger partial charge in [-0.3, -0.25) is 0 Å². The summed E-state index contributed by atoms with van der Waals surface area (Å²) < 4.78 is 25.4. The Morgan fingerprint density at radius 3 is 2.54 bits per heavy atom. The minimum absolute atomic E-state index is 0.301. The van der Waals surface area contributed by atoms with E-state index in [1.807, 2.05) is 0 Å². The number of rotatable bonds is 2. The summed E-state index contributed by atoms with van der Waals surface area (Å²) in [5, 5.41) is 15.7. The molecule has 0 aliphatic rings. The number of hydrogen-bond acceptors (Lipinski definition) is 3. The van der Waals surface area contributed by atoms with Crippen LogP contribution in [0.1, 0.15) is 23.9 Å². The van der Waals surface area contributed by atoms with Gasteiger partial charge in [-0.05, 0) is 13.0 Å². The van der Waals surface area contributed by atoms with E-state index in [0.29, 0.717) is 11.3 Å². The third kappa shape index (κ3) is 2.18. The van der Waals surface area contributed by atoms with E-state index in [2.05, 4.69) is 10.2 Å². The van der Waals surface area contributed by atoms with Gasteiger partial charge in [-0.15, -0.1) is 5.10 Å². The largest absolute Gasteiger partial charge is 0.392 e. The van der Waals surface area contributed by atoms with Crippen LogP contribution < -0.4 is 0 Å². The van der Waals surface area contributed by atoms with Crippen LogP contribution in [0.15, 0.2) is 6.07 Å². The van der Waals surface area contributed by atoms with Crippen molar-refractivity contribution in [1.82, 2.24) is 10.2 Å². The Kier molecular flexibility index (Phi) is 2.56. The molecule has 0 aliphatic heterocycles. The zero-order chi connectivity index (χ0) is 10.1. The fourth-order valence-electron chi connectivity index (χ4n) is 0.866. The Morgan fingerprint density at radius 2 is 2.08 bits per heavy atom. The van der Waals surface area contributed by atoms with Crippen molar-refractivity contribution in [3.05, 3.63) is 23.0 Å². The van der Waals surface area contributed by atoms with E-state index in [-0.39, 0.29) is 6.61 Å². The Morgan fingerprint density at radius 1 is 1.46 bits per heavy atom. The monoisotopic (exact) mass is 188 g/mol. The third-order valence-corrected chi connectivity index (χ3v) is 1.70. The second-order valence-electron chi connectivity index (χ2n) is 2.89. The molecule has 0 fully saturated rings. The molecular formula is C8H10F2N2O. The number of aliphatic hydroxyl groups is 1. The summed E-state index contributed by atoms with van der Waals surface area (Å²) in [7, 11) is 0. The van der Waals surface area contributed by atoms with Crippen LogP contribution in [0.4, 0.5) is 8.78 Å². The minimum atomic E-state index is -3.01. The van der Waals surface area contributed by atoms with Crippen molar-refractivity contribution in [1.29, 1.82) is 0 Å². The van der Waals surface area contributed by atoms with Gasteiger partial charge in [0, 0.05) is 12.5 Å². The minimum Gasteiger partial charge on any atom is -0.392 e. The fraction of sp³-hybridized carbons (Fsp3) is 0.500. The van der Waals surface area contributed by atoms with Crippen LogP contribution in [0.2, 0.25) is 0 Å². The highest BCUT2D eigenvalue weighted by molar-refractivity contribution is 5.21. The molecule has 0 atom stereocenters. The highest BCUT2D eigenvalue weighted by Gasteiger charge is 2.27. The maximum Gasteiger partial charge on any atom is 0.288 e. The first-order valence-corrected chi connectivity index (χ1v) is 3.77. The van der Waals surface area contributed by atoms with Gasteiger partial charge in [0.25, 0.3) is 5.92 Å². The van der Waals surface area contributed by atoms with E-state index >= 15 is 0 Å². The maximum absolute atomic E-state index is 12.7. The molecule has 3 nitrogen and oxygen atoms in total. The van der Waals surface area contributed by atoms with Gasteiger partial charge in [0.15, 0.2) is 0 Å². The third-order valence-electron chi connectivity index (χ3n) is 1.70. The second kappa shape index (κ2) is 3.33. The molecule has 1 heterocycles. The van der Waals surface area contributed by atoms with Crippen LogP contribution >= 0.6 is 0 Å². The van der Waals surface area contributed by atoms with Crippen molar-refractivity contribution in [3.63, 3.8) is 0 Å². The standard InChI is InChI=1S/C8H10F2N2O/c1-5-6(4-13)3-7(12-11-5)8(2,9)10/h3,13H,4H2,1-2H3. The molecule has 5 heteroatoms. The molecule has 72 valence electrons. The van der Waals surface area contributed by atoms with Crippen molar-refractivity contribution < 1.29 is 13.9 Å². The van der Waals surface area contributed by atoms with Crippen molar-refractivity contribution in [2.45, 2.75) is 26.4 Å². The number of aromatic nitrogens is 2. The first-order valence-electron chi connectivity index (χ1n) is 3.77. The maximum atomic E-state index is 12.7. The molecule has 1 aromatic heterocycles. The van der Waals surface area contributed by atoms with E-state index in [0.717, 1.165) is 6.92 Å². The van der Waals surface area contributed by atoms with Gasteiger partial charge in [0.05, 0.1) is 12.3 Å². The van der Waals surface area contributed by atoms with Gasteiger partial charge < -0.3 is 5.11 Å². The lowest BCUT2D eigenvalue weighted by molar-refractivity contribution is 0.0116. The van der Waals surface area contributed by atoms with Crippen LogP contribution in [-0.2, 0) is 12.5 Å². The molecule has 0 spiro atoms. The summed E-state index contributed by atoms with van der Waals surface area (Å²) in [5.74, 6) is -3.01. The average Bonchev–Trinajstić information content (AvgIpc) is 2.03. The van der Waals surface area contributed by atoms with Crippen molar-refractivity contribution in [3.8, 4) is 0 Å². The molecule has 0 unspecified atom stereocenters. The molecular weight excluding hydrogens is 178 g/mol. The van der Waals surface area contributed by atoms with Crippen molar-refractivity contribution in [2.24, 2.45) is 0 Å². The first kappa shape index (κ1) is 9.98. The topological polar surface area (TPSA) is 46.0 Å². The number of aliphatic hydroxyl groups excluding tert-OH is 1. The van der Waals surface area contributed by atoms with Crippen LogP contribution in [0.5, 0.6) is 0 Å². The zero-order valence-electron chi connectivity index (χ0n) is 7.38. The normalized spacial score (nSPS) is 11.8. The average molecular weight is 188 g/mol. The summed E-state index contributed by atoms with van der Waals surface area (Å²) in [6, 6.07) is 1.17. The van der Waals surface area contributed by atoms with E-state index in [9.17, 15) is 8.78 Å². The molecule has 1 aromatic rings. The van der Waals surface area contributed by atoms with Crippen molar-refractivity contribution >= 4 is 0 Å². The van der Waals surface area contributed by atoms with Crippen LogP contribution in [0, 0.1) is 6.92 Å². The molecule has 1 N–H and O–H groups in total. The molecule has 0 radical (unpaired) electrons. The Bertz CT molecular complexity index is 310. The van der Waals surface area contributed by atoms with E-state index in [1.165, 1.54) is 6.07 Å². The van der Waals surface area contributed by atoms with Gasteiger partial charge in [-0.2, -0.15) is 13.9 Å². The molecule has 1 rings (SSSR count). The van der Waals surface area contributed by atoms with E-state index in [1.54, 1.807) is 6.92 Å². The summed E-state index contributed by atoms with van der Waals surface area (Å²) in [6.07, 6.45) is 0. The van der Waals surface area contributed by atoms with E-state index < -0.39 is 11.6 Å². The number of hydrogen-bond donors (Lipinski definition) is 1. The van der Waals surface area contributed by atoms with Gasteiger partial charge in [0.2, 0.25) is 0 Å². The number of aryl methyl sites for hydroxylation is 1. The lowest BCUT2D eigenvalue weighted by Crippen LogP contribution is -2.12. The quantitative estimate of drug-likeness (QED) is 0.762. The smallest absolute Gasteiger partial charge is 0.288 e. The number of halogens is 2. The Labute approximate surface area is 74.4 Å². The Hall–Kier alpha value is -1.10. The molecule has 13 heavy (non-hydrogen) atoms. The Balaban J connectivity index is 3.14. The predicted octanol–water partition coefficient (Wildman–Crippen LogP) is 1.39. The van der Waals surface area contributed by atoms with Gasteiger partial charge >= 0.3 is 0 Å². The summed E-state index contributed by atoms with van der Waals surface area (Å²) in [5.41, 5.74) is 0.434. The van der Waals surface area contributed by atoms with Gasteiger partial charge in [-0.1, -0.05) is 0 Å². The first-order chi connectivity index (χ1) is 5.95. The fourth-order valence-corrected chi connectivity index (χ4v) is 0.866. The molecule has 0 saturated heterocycles. The summed E-state index contributed by atoms with van der Waals surface area (Å²) in [6.45, 7) is 2.05.